The highest BCUT2D eigenvalue weighted by Gasteiger charge is 2.17. The van der Waals surface area contributed by atoms with Crippen LogP contribution in [0.3, 0.4) is 0 Å². The predicted octanol–water partition coefficient (Wildman–Crippen LogP) is 5.60. The minimum absolute atomic E-state index is 0.0445. The van der Waals surface area contributed by atoms with E-state index in [1.807, 2.05) is 44.2 Å². The molecule has 3 aromatic carbocycles. The molecule has 0 bridgehead atoms. The molecule has 0 radical (unpaired) electrons. The number of anilines is 1. The zero-order chi connectivity index (χ0) is 25.1. The van der Waals surface area contributed by atoms with Gasteiger partial charge in [0.25, 0.3) is 5.91 Å². The van der Waals surface area contributed by atoms with Crippen molar-refractivity contribution < 1.29 is 19.0 Å². The second kappa shape index (κ2) is 9.95. The van der Waals surface area contributed by atoms with Crippen molar-refractivity contribution in [2.24, 2.45) is 5.73 Å². The van der Waals surface area contributed by atoms with Gasteiger partial charge in [-0.05, 0) is 77.6 Å². The van der Waals surface area contributed by atoms with Crippen molar-refractivity contribution in [3.05, 3.63) is 94.9 Å². The van der Waals surface area contributed by atoms with Crippen molar-refractivity contribution in [2.45, 2.75) is 20.4 Å². The van der Waals surface area contributed by atoms with E-state index < -0.39 is 11.7 Å². The van der Waals surface area contributed by atoms with E-state index in [1.165, 1.54) is 25.4 Å². The summed E-state index contributed by atoms with van der Waals surface area (Å²) >= 11 is 0. The van der Waals surface area contributed by atoms with E-state index >= 15 is 0 Å². The van der Waals surface area contributed by atoms with Gasteiger partial charge in [-0.3, -0.25) is 4.79 Å². The van der Waals surface area contributed by atoms with Gasteiger partial charge in [0, 0.05) is 24.0 Å². The quantitative estimate of drug-likeness (QED) is 0.340. The second-order valence-corrected chi connectivity index (χ2v) is 8.13. The molecule has 6 nitrogen and oxygen atoms in total. The Kier molecular flexibility index (Phi) is 6.80. The van der Waals surface area contributed by atoms with Crippen LogP contribution in [-0.4, -0.2) is 23.1 Å². The molecule has 4 rings (SSSR count). The minimum atomic E-state index is -0.455. The molecule has 0 saturated heterocycles. The van der Waals surface area contributed by atoms with Crippen LogP contribution in [0.5, 0.6) is 11.6 Å². The lowest BCUT2D eigenvalue weighted by atomic mass is 9.90. The molecule has 0 aliphatic heterocycles. The molecule has 35 heavy (non-hydrogen) atoms. The maximum atomic E-state index is 14.7. The summed E-state index contributed by atoms with van der Waals surface area (Å²) in [5, 5.41) is 12.8. The average molecular weight is 472 g/mol. The fraction of sp³-hybridized carbons (Fsp3) is 0.143. The Morgan fingerprint density at radius 3 is 2.40 bits per heavy atom. The number of ether oxygens (including phenoxy) is 1. The van der Waals surface area contributed by atoms with Crippen molar-refractivity contribution in [3.8, 4) is 33.9 Å². The summed E-state index contributed by atoms with van der Waals surface area (Å²) in [4.78, 5) is 16.5. The van der Waals surface area contributed by atoms with Gasteiger partial charge in [0.05, 0.1) is 7.11 Å². The highest BCUT2D eigenvalue weighted by molar-refractivity contribution is 6.06. The molecule has 0 aliphatic rings. The van der Waals surface area contributed by atoms with Gasteiger partial charge in [-0.2, -0.15) is 0 Å². The van der Waals surface area contributed by atoms with E-state index in [4.69, 9.17) is 10.5 Å². The maximum Gasteiger partial charge on any atom is 0.261 e. The van der Waals surface area contributed by atoms with Crippen molar-refractivity contribution in [1.82, 2.24) is 4.98 Å². The van der Waals surface area contributed by atoms with Gasteiger partial charge in [-0.15, -0.1) is 0 Å². The number of pyridine rings is 1. The summed E-state index contributed by atoms with van der Waals surface area (Å²) in [6.45, 7) is 3.94. The number of amides is 1. The van der Waals surface area contributed by atoms with E-state index in [2.05, 4.69) is 10.3 Å². The predicted molar refractivity (Wildman–Crippen MR) is 135 cm³/mol. The molecule has 0 fully saturated rings. The molecule has 1 amide bonds. The molecule has 4 aromatic rings. The maximum absolute atomic E-state index is 14.7. The van der Waals surface area contributed by atoms with Crippen LogP contribution in [0.25, 0.3) is 22.3 Å². The number of aromatic nitrogens is 1. The first-order valence-electron chi connectivity index (χ1n) is 11.1. The first-order chi connectivity index (χ1) is 16.8. The van der Waals surface area contributed by atoms with Gasteiger partial charge in [0.2, 0.25) is 5.88 Å². The third-order valence-corrected chi connectivity index (χ3v) is 6.13. The molecular formula is C28H26FN3O3. The van der Waals surface area contributed by atoms with E-state index in [0.717, 1.165) is 27.8 Å². The zero-order valence-corrected chi connectivity index (χ0v) is 19.7. The van der Waals surface area contributed by atoms with E-state index in [0.29, 0.717) is 22.6 Å². The van der Waals surface area contributed by atoms with Crippen molar-refractivity contribution in [2.75, 3.05) is 12.4 Å². The van der Waals surface area contributed by atoms with Crippen LogP contribution >= 0.6 is 0 Å². The summed E-state index contributed by atoms with van der Waals surface area (Å²) in [7, 11) is 1.50. The summed E-state index contributed by atoms with van der Waals surface area (Å²) in [6.07, 6.45) is 1.42. The molecule has 0 atom stereocenters. The van der Waals surface area contributed by atoms with Gasteiger partial charge in [-0.25, -0.2) is 9.37 Å². The van der Waals surface area contributed by atoms with Crippen LogP contribution < -0.4 is 15.8 Å². The van der Waals surface area contributed by atoms with Gasteiger partial charge in [0.15, 0.2) is 0 Å². The van der Waals surface area contributed by atoms with Crippen molar-refractivity contribution >= 4 is 11.6 Å². The van der Waals surface area contributed by atoms with Crippen LogP contribution in [0.4, 0.5) is 10.1 Å². The third-order valence-electron chi connectivity index (χ3n) is 6.13. The Hall–Kier alpha value is -4.23. The number of methoxy groups -OCH3 is 1. The molecule has 0 aliphatic carbocycles. The Balaban J connectivity index is 1.75. The van der Waals surface area contributed by atoms with Crippen LogP contribution in [-0.2, 0) is 6.54 Å². The summed E-state index contributed by atoms with van der Waals surface area (Å²) in [6, 6.07) is 17.8. The Bertz CT molecular complexity index is 1420. The molecule has 178 valence electrons. The monoisotopic (exact) mass is 471 g/mol. The first-order valence-corrected chi connectivity index (χ1v) is 11.1. The number of carbonyl (C=O) groups is 1. The lowest BCUT2D eigenvalue weighted by Crippen LogP contribution is -2.13. The summed E-state index contributed by atoms with van der Waals surface area (Å²) in [5.41, 5.74) is 11.9. The topological polar surface area (TPSA) is 97.5 Å². The minimum Gasteiger partial charge on any atom is -0.496 e. The largest absolute Gasteiger partial charge is 0.496 e. The molecule has 0 saturated carbocycles. The zero-order valence-electron chi connectivity index (χ0n) is 19.7. The molecule has 1 heterocycles. The van der Waals surface area contributed by atoms with Crippen LogP contribution in [0.1, 0.15) is 27.0 Å². The number of halogens is 1. The van der Waals surface area contributed by atoms with Gasteiger partial charge in [0.1, 0.15) is 17.1 Å². The number of hydrogen-bond donors (Lipinski definition) is 3. The van der Waals surface area contributed by atoms with Gasteiger partial charge >= 0.3 is 0 Å². The van der Waals surface area contributed by atoms with E-state index in [-0.39, 0.29) is 18.0 Å². The molecule has 0 unspecified atom stereocenters. The second-order valence-electron chi connectivity index (χ2n) is 8.13. The lowest BCUT2D eigenvalue weighted by molar-refractivity contribution is 0.102. The lowest BCUT2D eigenvalue weighted by Gasteiger charge is -2.17. The average Bonchev–Trinajstić information content (AvgIpc) is 2.85. The molecule has 4 N–H and O–H groups in total. The van der Waals surface area contributed by atoms with E-state index in [9.17, 15) is 14.3 Å². The van der Waals surface area contributed by atoms with E-state index in [1.54, 1.807) is 18.2 Å². The molecule has 1 aromatic heterocycles. The first kappa shape index (κ1) is 23.9. The highest BCUT2D eigenvalue weighted by atomic mass is 19.1. The Morgan fingerprint density at radius 1 is 1.03 bits per heavy atom. The molecule has 0 spiro atoms. The number of aromatic hydroxyl groups is 1. The van der Waals surface area contributed by atoms with Crippen LogP contribution in [0, 0.1) is 19.7 Å². The highest BCUT2D eigenvalue weighted by Crippen LogP contribution is 2.37. The number of hydrogen-bond acceptors (Lipinski definition) is 5. The van der Waals surface area contributed by atoms with Crippen LogP contribution in [0.2, 0.25) is 0 Å². The summed E-state index contributed by atoms with van der Waals surface area (Å²) < 4.78 is 20.1. The Labute approximate surface area is 203 Å². The molecule has 7 heteroatoms. The normalized spacial score (nSPS) is 10.8. The van der Waals surface area contributed by atoms with Crippen LogP contribution in [0.15, 0.2) is 66.9 Å². The Morgan fingerprint density at radius 2 is 1.71 bits per heavy atom. The smallest absolute Gasteiger partial charge is 0.261 e. The fourth-order valence-corrected chi connectivity index (χ4v) is 4.21. The van der Waals surface area contributed by atoms with Crippen molar-refractivity contribution in [3.63, 3.8) is 0 Å². The number of nitrogens with two attached hydrogens (primary N) is 1. The standard InChI is InChI=1S/C28H26FN3O3/c1-16-19(18-13-24(29)23(15-30)26(14-18)35-3)7-4-8-20(16)21-9-5-11-25(17(21)2)32-28(34)22-10-6-12-31-27(22)33/h4-14H,15,30H2,1-3H3,(H,31,33)(H,32,34). The third kappa shape index (κ3) is 4.58. The molecular weight excluding hydrogens is 445 g/mol. The summed E-state index contributed by atoms with van der Waals surface area (Å²) in [5.74, 6) is -0.785. The number of carbonyl (C=O) groups excluding carboxylic acids is 1. The SMILES string of the molecule is COc1cc(-c2cccc(-c3cccc(NC(=O)c4cccnc4O)c3C)c2C)cc(F)c1CN. The number of benzene rings is 3. The number of rotatable bonds is 6. The van der Waals surface area contributed by atoms with Gasteiger partial charge in [-0.1, -0.05) is 30.3 Å². The number of nitrogens with zero attached hydrogens (tertiary/aromatic N) is 1. The number of nitrogens with one attached hydrogen (secondary N) is 1. The van der Waals surface area contributed by atoms with Gasteiger partial charge < -0.3 is 20.9 Å². The fourth-order valence-electron chi connectivity index (χ4n) is 4.21. The van der Waals surface area contributed by atoms with Crippen molar-refractivity contribution in [1.29, 1.82) is 0 Å².